The Kier molecular flexibility index (Phi) is 3.16. The Balaban J connectivity index is 1.97. The topological polar surface area (TPSA) is 82.5 Å². The van der Waals surface area contributed by atoms with Gasteiger partial charge in [-0.2, -0.15) is 0 Å². The van der Waals surface area contributed by atoms with Crippen molar-refractivity contribution in [3.63, 3.8) is 0 Å². The summed E-state index contributed by atoms with van der Waals surface area (Å²) in [7, 11) is 0. The third-order valence-corrected chi connectivity index (χ3v) is 3.16. The number of aromatic nitrogens is 1. The van der Waals surface area contributed by atoms with E-state index in [9.17, 15) is 15.0 Å². The Morgan fingerprint density at radius 2 is 1.95 bits per heavy atom. The summed E-state index contributed by atoms with van der Waals surface area (Å²) in [6.45, 7) is 0. The predicted octanol–water partition coefficient (Wildman–Crippen LogP) is 2.90. The molecule has 0 fully saturated rings. The Morgan fingerprint density at radius 3 is 2.76 bits per heavy atom. The quantitative estimate of drug-likeness (QED) is 0.674. The summed E-state index contributed by atoms with van der Waals surface area (Å²) in [4.78, 5) is 16.3. The maximum atomic E-state index is 12.2. The van der Waals surface area contributed by atoms with Gasteiger partial charge >= 0.3 is 0 Å². The number of phenolic OH excluding ortho intramolecular Hbond substituents is 2. The van der Waals surface area contributed by atoms with Gasteiger partial charge in [0.15, 0.2) is 0 Å². The van der Waals surface area contributed by atoms with E-state index >= 15 is 0 Å². The lowest BCUT2D eigenvalue weighted by Crippen LogP contribution is -2.12. The molecule has 3 N–H and O–H groups in total. The second-order valence-corrected chi connectivity index (χ2v) is 4.56. The molecule has 3 aromatic rings. The summed E-state index contributed by atoms with van der Waals surface area (Å²) in [5.41, 5.74) is 0.701. The number of nitrogens with one attached hydrogen (secondary N) is 1. The standard InChI is InChI=1S/C16H12N2O3/c19-11-4-5-12(15(20)8-11)16(21)18-14-3-1-2-10-6-7-17-9-13(10)14/h1-9,19-20H,(H,18,21). The molecule has 21 heavy (non-hydrogen) atoms. The van der Waals surface area contributed by atoms with Crippen LogP contribution in [0.2, 0.25) is 0 Å². The van der Waals surface area contributed by atoms with Gasteiger partial charge in [0.2, 0.25) is 0 Å². The molecule has 0 bridgehead atoms. The molecule has 0 unspecified atom stereocenters. The first-order chi connectivity index (χ1) is 10.1. The van der Waals surface area contributed by atoms with E-state index in [0.29, 0.717) is 5.69 Å². The molecule has 0 atom stereocenters. The van der Waals surface area contributed by atoms with Crippen LogP contribution in [-0.2, 0) is 0 Å². The number of phenols is 2. The molecule has 1 heterocycles. The van der Waals surface area contributed by atoms with Gasteiger partial charge in [-0.05, 0) is 29.7 Å². The van der Waals surface area contributed by atoms with Gasteiger partial charge in [0.25, 0.3) is 5.91 Å². The molecule has 1 aromatic heterocycles. The number of nitrogens with zero attached hydrogens (tertiary/aromatic N) is 1. The number of benzene rings is 2. The smallest absolute Gasteiger partial charge is 0.259 e. The summed E-state index contributed by atoms with van der Waals surface area (Å²) >= 11 is 0. The van der Waals surface area contributed by atoms with Crippen molar-refractivity contribution in [1.82, 2.24) is 4.98 Å². The monoisotopic (exact) mass is 280 g/mol. The lowest BCUT2D eigenvalue weighted by atomic mass is 10.1. The van der Waals surface area contributed by atoms with Crippen molar-refractivity contribution >= 4 is 22.4 Å². The number of aromatic hydroxyl groups is 2. The van der Waals surface area contributed by atoms with Crippen LogP contribution in [-0.4, -0.2) is 21.1 Å². The van der Waals surface area contributed by atoms with E-state index in [2.05, 4.69) is 10.3 Å². The van der Waals surface area contributed by atoms with Crippen LogP contribution in [0.3, 0.4) is 0 Å². The Labute approximate surface area is 120 Å². The van der Waals surface area contributed by atoms with Crippen molar-refractivity contribution in [2.24, 2.45) is 0 Å². The predicted molar refractivity (Wildman–Crippen MR) is 79.5 cm³/mol. The van der Waals surface area contributed by atoms with Crippen molar-refractivity contribution in [1.29, 1.82) is 0 Å². The largest absolute Gasteiger partial charge is 0.508 e. The zero-order chi connectivity index (χ0) is 14.8. The van der Waals surface area contributed by atoms with Gasteiger partial charge < -0.3 is 15.5 Å². The summed E-state index contributed by atoms with van der Waals surface area (Å²) in [6, 6.07) is 11.2. The molecule has 0 aliphatic heterocycles. The van der Waals surface area contributed by atoms with Crippen molar-refractivity contribution in [3.05, 3.63) is 60.4 Å². The van der Waals surface area contributed by atoms with E-state index < -0.39 is 5.91 Å². The lowest BCUT2D eigenvalue weighted by Gasteiger charge is -2.09. The maximum Gasteiger partial charge on any atom is 0.259 e. The first-order valence-electron chi connectivity index (χ1n) is 6.31. The van der Waals surface area contributed by atoms with E-state index in [1.54, 1.807) is 18.5 Å². The Bertz CT molecular complexity index is 825. The van der Waals surface area contributed by atoms with Crippen molar-refractivity contribution < 1.29 is 15.0 Å². The second kappa shape index (κ2) is 5.13. The molecule has 0 aliphatic rings. The molecule has 1 amide bonds. The highest BCUT2D eigenvalue weighted by molar-refractivity contribution is 6.10. The number of fused-ring (bicyclic) bond motifs is 1. The Morgan fingerprint density at radius 1 is 1.10 bits per heavy atom. The van der Waals surface area contributed by atoms with E-state index in [0.717, 1.165) is 16.8 Å². The minimum absolute atomic E-state index is 0.0914. The van der Waals surface area contributed by atoms with Crippen molar-refractivity contribution in [2.75, 3.05) is 5.32 Å². The van der Waals surface area contributed by atoms with Gasteiger partial charge in [0, 0.05) is 23.8 Å². The first kappa shape index (κ1) is 12.9. The van der Waals surface area contributed by atoms with Crippen LogP contribution in [0.4, 0.5) is 5.69 Å². The number of anilines is 1. The van der Waals surface area contributed by atoms with E-state index in [-0.39, 0.29) is 17.1 Å². The molecule has 0 radical (unpaired) electrons. The molecule has 104 valence electrons. The SMILES string of the molecule is O=C(Nc1cccc2ccncc12)c1ccc(O)cc1O. The first-order valence-corrected chi connectivity index (χ1v) is 6.31. The molecule has 5 nitrogen and oxygen atoms in total. The number of amides is 1. The minimum atomic E-state index is -0.455. The zero-order valence-electron chi connectivity index (χ0n) is 10.9. The van der Waals surface area contributed by atoms with Gasteiger partial charge in [0.1, 0.15) is 11.5 Å². The molecule has 2 aromatic carbocycles. The maximum absolute atomic E-state index is 12.2. The van der Waals surface area contributed by atoms with E-state index in [4.69, 9.17) is 0 Å². The van der Waals surface area contributed by atoms with Crippen LogP contribution >= 0.6 is 0 Å². The Hall–Kier alpha value is -3.08. The summed E-state index contributed by atoms with van der Waals surface area (Å²) in [6.07, 6.45) is 3.35. The molecule has 0 spiro atoms. The molecule has 0 aliphatic carbocycles. The molecular formula is C16H12N2O3. The van der Waals surface area contributed by atoms with Gasteiger partial charge in [-0.25, -0.2) is 0 Å². The van der Waals surface area contributed by atoms with Crippen molar-refractivity contribution in [3.8, 4) is 11.5 Å². The highest BCUT2D eigenvalue weighted by Gasteiger charge is 2.13. The van der Waals surface area contributed by atoms with Crippen LogP contribution in [0.1, 0.15) is 10.4 Å². The molecule has 5 heteroatoms. The van der Waals surface area contributed by atoms with Crippen LogP contribution < -0.4 is 5.32 Å². The average Bonchev–Trinajstić information content (AvgIpc) is 2.47. The zero-order valence-corrected chi connectivity index (χ0v) is 10.9. The normalized spacial score (nSPS) is 10.5. The highest BCUT2D eigenvalue weighted by Crippen LogP contribution is 2.26. The molecule has 3 rings (SSSR count). The summed E-state index contributed by atoms with van der Waals surface area (Å²) < 4.78 is 0. The molecular weight excluding hydrogens is 268 g/mol. The van der Waals surface area contributed by atoms with Gasteiger partial charge in [-0.15, -0.1) is 0 Å². The van der Waals surface area contributed by atoms with Gasteiger partial charge in [-0.3, -0.25) is 9.78 Å². The number of pyridine rings is 1. The fourth-order valence-electron chi connectivity index (χ4n) is 2.12. The van der Waals surface area contributed by atoms with Crippen LogP contribution in [0.5, 0.6) is 11.5 Å². The molecule has 0 saturated heterocycles. The van der Waals surface area contributed by atoms with Gasteiger partial charge in [-0.1, -0.05) is 12.1 Å². The van der Waals surface area contributed by atoms with E-state index in [1.165, 1.54) is 12.1 Å². The third-order valence-electron chi connectivity index (χ3n) is 3.16. The number of hydrogen-bond acceptors (Lipinski definition) is 4. The van der Waals surface area contributed by atoms with E-state index in [1.807, 2.05) is 18.2 Å². The average molecular weight is 280 g/mol. The number of hydrogen-bond donors (Lipinski definition) is 3. The highest BCUT2D eigenvalue weighted by atomic mass is 16.3. The third kappa shape index (κ3) is 2.49. The number of carbonyl (C=O) groups excluding carboxylic acids is 1. The lowest BCUT2D eigenvalue weighted by molar-refractivity contribution is 0.102. The fraction of sp³-hybridized carbons (Fsp3) is 0. The molecule has 0 saturated carbocycles. The second-order valence-electron chi connectivity index (χ2n) is 4.56. The van der Waals surface area contributed by atoms with Gasteiger partial charge in [0.05, 0.1) is 11.3 Å². The number of carbonyl (C=O) groups is 1. The van der Waals surface area contributed by atoms with Crippen molar-refractivity contribution in [2.45, 2.75) is 0 Å². The number of rotatable bonds is 2. The van der Waals surface area contributed by atoms with Crippen LogP contribution in [0.25, 0.3) is 10.8 Å². The van der Waals surface area contributed by atoms with Crippen LogP contribution in [0.15, 0.2) is 54.9 Å². The van der Waals surface area contributed by atoms with Crippen LogP contribution in [0, 0.1) is 0 Å². The summed E-state index contributed by atoms with van der Waals surface area (Å²) in [5, 5.41) is 23.5. The fourth-order valence-corrected chi connectivity index (χ4v) is 2.12. The minimum Gasteiger partial charge on any atom is -0.508 e. The summed E-state index contributed by atoms with van der Waals surface area (Å²) in [5.74, 6) is -0.826.